The zero-order chi connectivity index (χ0) is 5.15. The quantitative estimate of drug-likeness (QED) is 0.313. The van der Waals surface area contributed by atoms with Crippen molar-refractivity contribution < 1.29 is 45.2 Å². The van der Waals surface area contributed by atoms with Crippen molar-refractivity contribution in [2.75, 3.05) is 6.65 Å². The second kappa shape index (κ2) is 5.40. The Hall–Kier alpha value is 0.400. The fraction of sp³-hybridized carbons (Fsp3) is 0.500. The first-order valence-corrected chi connectivity index (χ1v) is 0.915. The van der Waals surface area contributed by atoms with Gasteiger partial charge in [-0.2, -0.15) is 0 Å². The maximum absolute atomic E-state index is 10.8. The van der Waals surface area contributed by atoms with Gasteiger partial charge in [-0.05, 0) is 0 Å². The number of halogens is 1. The predicted octanol–water partition coefficient (Wildman–Crippen LogP) is -4.29. The summed E-state index contributed by atoms with van der Waals surface area (Å²) in [5.74, 6) is -1.99. The molecule has 0 aromatic carbocycles. The molecule has 0 N–H and O–H groups in total. The third-order valence-electron chi connectivity index (χ3n) is 0.0891. The van der Waals surface area contributed by atoms with Gasteiger partial charge < -0.3 is 9.90 Å². The molecule has 6 heavy (non-hydrogen) atoms. The molecule has 1 atom stereocenters. The van der Waals surface area contributed by atoms with Crippen LogP contribution in [0.3, 0.4) is 0 Å². The molecule has 0 amide bonds. The van der Waals surface area contributed by atoms with E-state index in [0.29, 0.717) is 0 Å². The van der Waals surface area contributed by atoms with Gasteiger partial charge in [0, 0.05) is 0 Å². The molecule has 0 saturated carbocycles. The number of hydrogen-bond acceptors (Lipinski definition) is 2. The molecule has 0 aromatic rings. The van der Waals surface area contributed by atoms with E-state index in [4.69, 9.17) is 11.3 Å². The Morgan fingerprint density at radius 1 is 2.17 bits per heavy atom. The van der Waals surface area contributed by atoms with Gasteiger partial charge in [0.15, 0.2) is 0 Å². The Morgan fingerprint density at radius 3 is 2.33 bits per heavy atom. The molecule has 0 fully saturated rings. The maximum Gasteiger partial charge on any atom is 1.00 e. The van der Waals surface area contributed by atoms with Gasteiger partial charge in [0.1, 0.15) is 6.65 Å². The number of carboxylic acid groups (broad SMARTS) is 1. The van der Waals surface area contributed by atoms with E-state index in [-0.39, 0.29) is 29.6 Å². The molecule has 30 valence electrons. The van der Waals surface area contributed by atoms with Crippen LogP contribution in [0.5, 0.6) is 0 Å². The molecular weight excluding hydrogens is 98.0 g/mol. The van der Waals surface area contributed by atoms with Gasteiger partial charge in [-0.1, -0.05) is 0 Å². The first-order chi connectivity index (χ1) is 2.64. The molecule has 0 radical (unpaired) electrons. The second-order valence-corrected chi connectivity index (χ2v) is 0.428. The average molecular weight is 101 g/mol. The SMILES string of the molecule is [2H][C@@H](F)C(=O)[O-].[Na+]. The van der Waals surface area contributed by atoms with Crippen molar-refractivity contribution in [2.24, 2.45) is 0 Å². The Bertz CT molecular complexity index is 66.7. The van der Waals surface area contributed by atoms with Crippen molar-refractivity contribution in [3.8, 4) is 0 Å². The molecule has 0 aromatic heterocycles. The van der Waals surface area contributed by atoms with Crippen molar-refractivity contribution in [1.29, 1.82) is 0 Å². The molecule has 0 aliphatic heterocycles. The zero-order valence-electron chi connectivity index (χ0n) is 4.27. The number of rotatable bonds is 1. The Kier molecular flexibility index (Phi) is 5.76. The van der Waals surface area contributed by atoms with Crippen LogP contribution in [0, 0.1) is 0 Å². The smallest absolute Gasteiger partial charge is 0.547 e. The normalized spacial score (nSPS) is 13.8. The van der Waals surface area contributed by atoms with Gasteiger partial charge in [0.25, 0.3) is 0 Å². The van der Waals surface area contributed by atoms with Crippen molar-refractivity contribution >= 4 is 5.97 Å². The van der Waals surface area contributed by atoms with Crippen LogP contribution in [0.1, 0.15) is 1.37 Å². The zero-order valence-corrected chi connectivity index (χ0v) is 5.27. The molecular formula is C2H2FNaO2. The van der Waals surface area contributed by atoms with Crippen LogP contribution in [0.25, 0.3) is 0 Å². The van der Waals surface area contributed by atoms with Gasteiger partial charge in [-0.15, -0.1) is 0 Å². The van der Waals surface area contributed by atoms with Crippen molar-refractivity contribution in [3.05, 3.63) is 0 Å². The van der Waals surface area contributed by atoms with Crippen LogP contribution >= 0.6 is 0 Å². The summed E-state index contributed by atoms with van der Waals surface area (Å²) in [6, 6.07) is 0. The van der Waals surface area contributed by atoms with Gasteiger partial charge in [-0.3, -0.25) is 0 Å². The van der Waals surface area contributed by atoms with Crippen molar-refractivity contribution in [1.82, 2.24) is 0 Å². The molecule has 0 aliphatic rings. The van der Waals surface area contributed by atoms with Crippen LogP contribution in [0.2, 0.25) is 0 Å². The number of carbonyl (C=O) groups is 1. The molecule has 4 heteroatoms. The number of carboxylic acids is 1. The minimum atomic E-state index is -2.59. The average Bonchev–Trinajstić information content (AvgIpc) is 1.36. The van der Waals surface area contributed by atoms with Crippen molar-refractivity contribution in [3.63, 3.8) is 0 Å². The van der Waals surface area contributed by atoms with E-state index < -0.39 is 12.6 Å². The summed E-state index contributed by atoms with van der Waals surface area (Å²) in [4.78, 5) is 9.03. The second-order valence-electron chi connectivity index (χ2n) is 0.428. The number of alkyl halides is 1. The molecule has 0 unspecified atom stereocenters. The van der Waals surface area contributed by atoms with E-state index in [2.05, 4.69) is 0 Å². The summed E-state index contributed by atoms with van der Waals surface area (Å²) >= 11 is 0. The first kappa shape index (κ1) is 6.40. The fourth-order valence-corrected chi connectivity index (χ4v) is 0. The minimum absolute atomic E-state index is 0. The van der Waals surface area contributed by atoms with Crippen LogP contribution in [0.15, 0.2) is 0 Å². The summed E-state index contributed by atoms with van der Waals surface area (Å²) in [5, 5.41) is 9.03. The summed E-state index contributed by atoms with van der Waals surface area (Å²) in [6.45, 7) is -2.59. The molecule has 0 bridgehead atoms. The van der Waals surface area contributed by atoms with Gasteiger partial charge >= 0.3 is 29.6 Å². The topological polar surface area (TPSA) is 40.1 Å². The van der Waals surface area contributed by atoms with Crippen LogP contribution in [-0.2, 0) is 4.79 Å². The molecule has 0 rings (SSSR count). The summed E-state index contributed by atoms with van der Waals surface area (Å²) in [7, 11) is 0. The van der Waals surface area contributed by atoms with E-state index in [1.54, 1.807) is 0 Å². The largest absolute Gasteiger partial charge is 1.00 e. The van der Waals surface area contributed by atoms with E-state index in [1.165, 1.54) is 0 Å². The number of hydrogen-bond donors (Lipinski definition) is 0. The Balaban J connectivity index is 0. The third kappa shape index (κ3) is 8.83. The van der Waals surface area contributed by atoms with Crippen molar-refractivity contribution in [2.45, 2.75) is 0 Å². The summed E-state index contributed by atoms with van der Waals surface area (Å²) in [6.07, 6.45) is 0. The monoisotopic (exact) mass is 101 g/mol. The number of aliphatic carboxylic acids is 1. The first-order valence-electron chi connectivity index (χ1n) is 1.49. The predicted molar refractivity (Wildman–Crippen MR) is 11.0 cm³/mol. The van der Waals surface area contributed by atoms with Crippen LogP contribution in [0.4, 0.5) is 4.39 Å². The summed E-state index contributed by atoms with van der Waals surface area (Å²) in [5.41, 5.74) is 0. The van der Waals surface area contributed by atoms with E-state index in [9.17, 15) is 4.39 Å². The van der Waals surface area contributed by atoms with E-state index >= 15 is 0 Å². The van der Waals surface area contributed by atoms with Gasteiger partial charge in [0.05, 0.1) is 7.34 Å². The summed E-state index contributed by atoms with van der Waals surface area (Å²) < 4.78 is 16.5. The number of carbonyl (C=O) groups excluding carboxylic acids is 1. The maximum atomic E-state index is 10.8. The molecule has 0 heterocycles. The minimum Gasteiger partial charge on any atom is -0.547 e. The van der Waals surface area contributed by atoms with Crippen LogP contribution in [-0.4, -0.2) is 12.6 Å². The van der Waals surface area contributed by atoms with E-state index in [1.807, 2.05) is 0 Å². The Labute approximate surface area is 58.0 Å². The van der Waals surface area contributed by atoms with Gasteiger partial charge in [0.2, 0.25) is 0 Å². The Morgan fingerprint density at radius 2 is 2.33 bits per heavy atom. The van der Waals surface area contributed by atoms with E-state index in [0.717, 1.165) is 0 Å². The molecule has 0 aliphatic carbocycles. The molecule has 0 spiro atoms. The fourth-order valence-electron chi connectivity index (χ4n) is 0. The van der Waals surface area contributed by atoms with Gasteiger partial charge in [-0.25, -0.2) is 4.39 Å². The standard InChI is InChI=1S/C2H3FO2.Na/c3-1-2(4)5;/h1H2,(H,4,5);/q;+1/p-1/i1D;/t1-;/m1./s1. The molecule has 2 nitrogen and oxygen atoms in total. The third-order valence-corrected chi connectivity index (χ3v) is 0.0891. The van der Waals surface area contributed by atoms with Crippen LogP contribution < -0.4 is 34.7 Å². The molecule has 0 saturated heterocycles.